The minimum atomic E-state index is -1.74. The molecular formula is C75H104Cl6N10O15. The van der Waals surface area contributed by atoms with Crippen LogP contribution < -0.4 is 21.5 Å². The summed E-state index contributed by atoms with van der Waals surface area (Å²) in [6.07, 6.45) is 9.33. The Balaban J connectivity index is 0.000000361. The molecule has 0 spiro atoms. The van der Waals surface area contributed by atoms with Crippen LogP contribution >= 0.6 is 69.6 Å². The number of carbonyl (C=O) groups is 10. The lowest BCUT2D eigenvalue weighted by molar-refractivity contribution is -0.154. The third-order valence-electron chi connectivity index (χ3n) is 16.4. The first kappa shape index (κ1) is 91.4. The van der Waals surface area contributed by atoms with Gasteiger partial charge in [0.2, 0.25) is 19.4 Å². The van der Waals surface area contributed by atoms with E-state index in [1.54, 1.807) is 55.4 Å². The maximum atomic E-state index is 13.6. The molecule has 2 saturated heterocycles. The van der Waals surface area contributed by atoms with Crippen LogP contribution in [-0.4, -0.2) is 186 Å². The number of fused-ring (bicyclic) bond motifs is 2. The zero-order chi connectivity index (χ0) is 80.1. The number of ether oxygens (including phenoxy) is 5. The largest absolute Gasteiger partial charge is 0.460 e. The molecule has 106 heavy (non-hydrogen) atoms. The van der Waals surface area contributed by atoms with Crippen LogP contribution in [0.5, 0.6) is 0 Å². The molecule has 6 rings (SSSR count). The number of esters is 4. The molecule has 4 N–H and O–H groups in total. The van der Waals surface area contributed by atoms with Crippen molar-refractivity contribution in [1.82, 2.24) is 51.3 Å². The van der Waals surface area contributed by atoms with Crippen molar-refractivity contribution in [1.29, 1.82) is 0 Å². The lowest BCUT2D eigenvalue weighted by Gasteiger charge is -2.37. The van der Waals surface area contributed by atoms with Gasteiger partial charge in [-0.2, -0.15) is 0 Å². The molecule has 31 heteroatoms. The summed E-state index contributed by atoms with van der Waals surface area (Å²) in [4.78, 5) is 136. The average molecular weight is 1600 g/mol. The summed E-state index contributed by atoms with van der Waals surface area (Å²) in [5.74, 6) is -3.86. The predicted octanol–water partition coefficient (Wildman–Crippen LogP) is 12.7. The first-order valence-corrected chi connectivity index (χ1v) is 37.2. The summed E-state index contributed by atoms with van der Waals surface area (Å²) in [6, 6.07) is 14.9. The van der Waals surface area contributed by atoms with Crippen molar-refractivity contribution in [3.63, 3.8) is 0 Å². The van der Waals surface area contributed by atoms with E-state index >= 15 is 0 Å². The van der Waals surface area contributed by atoms with Crippen LogP contribution in [0.2, 0.25) is 0 Å². The fourth-order valence-electron chi connectivity index (χ4n) is 11.4. The SMILES string of the molecule is CC(=O)O[C@H](C)c1ccc2ccc(/C=C/C(C)(C)C=O)cc2n1.CC(=O)O[C@H](C)c1ccc2ccc(/C=C/C(C)(C)CN(C)[C@H](C(=O)N[C@@H](C)C(=O)N3CCC[C@@H](C(=O)OCC(Cl)(Cl)Cl)N3)C(C)C)cc2n1.CC(C)[C@@H](C(=O)N[C@@H](C)C(=O)N1CCC[C@@H](C(=O)OCC(Cl)(Cl)Cl)N1)N(C)C(=O)OC(C)(C)C. The Kier molecular flexibility index (Phi) is 34.9. The van der Waals surface area contributed by atoms with E-state index in [1.165, 1.54) is 42.7 Å². The van der Waals surface area contributed by atoms with Crippen LogP contribution in [-0.2, 0) is 66.8 Å². The van der Waals surface area contributed by atoms with Gasteiger partial charge in [-0.1, -0.05) is 172 Å². The predicted molar refractivity (Wildman–Crippen MR) is 413 cm³/mol. The van der Waals surface area contributed by atoms with E-state index in [9.17, 15) is 47.9 Å². The number of halogens is 6. The number of alkyl halides is 6. The summed E-state index contributed by atoms with van der Waals surface area (Å²) in [7, 11) is 3.38. The molecule has 2 aromatic carbocycles. The standard InChI is InChI=1S/C35H48Cl3N5O6.C21H35Cl3N4O6.C19H21NO3/c1-21(2)30(31(45)39-22(3)32(46)43-17-9-10-28(41-43)33(47)48-20-35(36,37)38)42(8)19-34(6,7)16-15-25-11-12-26-13-14-27(40-29(26)18-25)23(4)49-24(5)44;1-12(2)15(27(7)19(32)34-20(4,5)6)16(29)25-13(3)17(30)28-10-8-9-14(26-28)18(31)33-11-21(22,23)24;1-13(23-14(2)22)17-8-7-16-6-5-15(11-18(16)20-17)9-10-19(3,4)12-21/h11-16,18,21-23,28,30,41H,9-10,17,19-20H2,1-8H3,(H,39,45);12-15,26H,8-11H2,1-7H3,(H,25,29);5-13H,1-4H3/b16-15+;;10-9+/t22-,23+,28-,30-;13-,14-,15-;13-/m001/s1. The summed E-state index contributed by atoms with van der Waals surface area (Å²) >= 11 is 33.8. The molecule has 2 fully saturated rings. The van der Waals surface area contributed by atoms with E-state index in [-0.39, 0.29) is 47.1 Å². The molecule has 586 valence electrons. The number of aldehydes is 1. The van der Waals surface area contributed by atoms with E-state index < -0.39 is 104 Å². The van der Waals surface area contributed by atoms with Gasteiger partial charge >= 0.3 is 30.0 Å². The Morgan fingerprint density at radius 2 is 0.972 bits per heavy atom. The number of nitrogens with one attached hydrogen (secondary N) is 4. The molecule has 0 saturated carbocycles. The summed E-state index contributed by atoms with van der Waals surface area (Å²) < 4.78 is 22.4. The van der Waals surface area contributed by atoms with Crippen LogP contribution in [0.1, 0.15) is 178 Å². The molecule has 4 heterocycles. The van der Waals surface area contributed by atoms with Crippen molar-refractivity contribution in [3.8, 4) is 0 Å². The van der Waals surface area contributed by atoms with Gasteiger partial charge in [0, 0.05) is 56.7 Å². The van der Waals surface area contributed by atoms with Gasteiger partial charge in [-0.3, -0.25) is 58.2 Å². The Morgan fingerprint density at radius 3 is 1.34 bits per heavy atom. The third-order valence-corrected chi connectivity index (χ3v) is 17.1. The maximum Gasteiger partial charge on any atom is 0.410 e. The summed E-state index contributed by atoms with van der Waals surface area (Å²) in [5, 5.41) is 10.1. The van der Waals surface area contributed by atoms with Crippen molar-refractivity contribution < 1.29 is 71.6 Å². The van der Waals surface area contributed by atoms with Crippen LogP contribution in [0.4, 0.5) is 4.79 Å². The Labute approximate surface area is 652 Å². The zero-order valence-corrected chi connectivity index (χ0v) is 68.4. The number of benzene rings is 2. The molecule has 0 unspecified atom stereocenters. The van der Waals surface area contributed by atoms with Crippen molar-refractivity contribution in [2.75, 3.05) is 46.9 Å². The molecule has 5 amide bonds. The van der Waals surface area contributed by atoms with E-state index in [0.717, 1.165) is 39.2 Å². The highest BCUT2D eigenvalue weighted by molar-refractivity contribution is 6.68. The van der Waals surface area contributed by atoms with Crippen molar-refractivity contribution in [2.24, 2.45) is 22.7 Å². The lowest BCUT2D eigenvalue weighted by atomic mass is 9.89. The number of hydrogen-bond donors (Lipinski definition) is 4. The summed E-state index contributed by atoms with van der Waals surface area (Å²) in [6.45, 7) is 30.5. The van der Waals surface area contributed by atoms with Gasteiger partial charge in [0.05, 0.1) is 28.5 Å². The fourth-order valence-corrected chi connectivity index (χ4v) is 11.7. The number of nitrogens with zero attached hydrogens (tertiary/aromatic N) is 6. The molecule has 4 aromatic rings. The highest BCUT2D eigenvalue weighted by atomic mass is 35.6. The second kappa shape index (κ2) is 40.5. The van der Waals surface area contributed by atoms with Crippen molar-refractivity contribution in [2.45, 2.75) is 205 Å². The molecule has 2 aliphatic heterocycles. The number of rotatable bonds is 25. The number of amides is 5. The van der Waals surface area contributed by atoms with E-state index in [4.69, 9.17) is 98.3 Å². The van der Waals surface area contributed by atoms with Gasteiger partial charge in [-0.25, -0.2) is 25.6 Å². The Morgan fingerprint density at radius 1 is 0.585 bits per heavy atom. The highest BCUT2D eigenvalue weighted by Gasteiger charge is 2.39. The fraction of sp³-hybridized carbons (Fsp3) is 0.573. The van der Waals surface area contributed by atoms with E-state index in [0.29, 0.717) is 56.7 Å². The van der Waals surface area contributed by atoms with Crippen molar-refractivity contribution >= 4 is 163 Å². The molecule has 0 bridgehead atoms. The zero-order valence-electron chi connectivity index (χ0n) is 63.9. The number of aromatic nitrogens is 2. The lowest BCUT2D eigenvalue weighted by Crippen LogP contribution is -2.61. The minimum Gasteiger partial charge on any atom is -0.460 e. The van der Waals surface area contributed by atoms with Crippen molar-refractivity contribution in [3.05, 3.63) is 95.3 Å². The number of pyridine rings is 2. The molecule has 8 atom stereocenters. The number of likely N-dealkylation sites (N-methyl/N-ethyl adjacent to an activating group) is 2. The second-order valence-electron chi connectivity index (χ2n) is 29.4. The monoisotopic (exact) mass is 1590 g/mol. The minimum absolute atomic E-state index is 0.0487. The number of hydrazine groups is 2. The van der Waals surface area contributed by atoms with Crippen LogP contribution in [0.3, 0.4) is 0 Å². The maximum absolute atomic E-state index is 13.6. The van der Waals surface area contributed by atoms with Gasteiger partial charge in [-0.05, 0) is 148 Å². The highest BCUT2D eigenvalue weighted by Crippen LogP contribution is 2.30. The second-order valence-corrected chi connectivity index (χ2v) is 34.4. The van der Waals surface area contributed by atoms with Crippen LogP contribution in [0, 0.1) is 22.7 Å². The van der Waals surface area contributed by atoms with Gasteiger partial charge in [0.25, 0.3) is 11.8 Å². The number of allylic oxidation sites excluding steroid dienone is 1. The Bertz CT molecular complexity index is 3780. The number of carbonyl (C=O) groups excluding carboxylic acids is 10. The quantitative estimate of drug-likeness (QED) is 0.0207. The first-order chi connectivity index (χ1) is 49.0. The van der Waals surface area contributed by atoms with Crippen LogP contribution in [0.15, 0.2) is 72.8 Å². The van der Waals surface area contributed by atoms with Gasteiger partial charge in [-0.15, -0.1) is 0 Å². The molecular weight excluding hydrogens is 1490 g/mol. The molecule has 0 aliphatic carbocycles. The van der Waals surface area contributed by atoms with Gasteiger partial charge < -0.3 is 39.1 Å². The van der Waals surface area contributed by atoms with Gasteiger partial charge in [0.1, 0.15) is 67.5 Å². The smallest absolute Gasteiger partial charge is 0.410 e. The number of hydrogen-bond acceptors (Lipinski definition) is 20. The first-order valence-electron chi connectivity index (χ1n) is 34.9. The van der Waals surface area contributed by atoms with Crippen LogP contribution in [0.25, 0.3) is 34.0 Å². The third kappa shape index (κ3) is 31.0. The summed E-state index contributed by atoms with van der Waals surface area (Å²) in [5.41, 5.74) is 9.10. The molecule has 2 aliphatic rings. The molecule has 2 aromatic heterocycles. The molecule has 25 nitrogen and oxygen atoms in total. The Hall–Kier alpha value is -6.94. The average Bonchev–Trinajstić information content (AvgIpc) is 0.826. The van der Waals surface area contributed by atoms with E-state index in [2.05, 4.69) is 46.4 Å². The van der Waals surface area contributed by atoms with Gasteiger partial charge in [0.15, 0.2) is 0 Å². The van der Waals surface area contributed by atoms with E-state index in [1.807, 2.05) is 119 Å². The topological polar surface area (TPSA) is 304 Å². The molecule has 0 radical (unpaired) electrons. The normalized spacial score (nSPS) is 17.0.